The van der Waals surface area contributed by atoms with Crippen LogP contribution in [0.2, 0.25) is 0 Å². The SMILES string of the molecule is CCc1sc(C(=O)NC2CCOC(c3cncn3C)C2)cc1C. The van der Waals surface area contributed by atoms with Crippen molar-refractivity contribution in [3.8, 4) is 0 Å². The molecule has 2 unspecified atom stereocenters. The first-order valence-electron chi connectivity index (χ1n) is 8.06. The summed E-state index contributed by atoms with van der Waals surface area (Å²) in [6, 6.07) is 2.14. The number of aromatic nitrogens is 2. The van der Waals surface area contributed by atoms with Gasteiger partial charge in [0.25, 0.3) is 5.91 Å². The predicted molar refractivity (Wildman–Crippen MR) is 90.8 cm³/mol. The third-order valence-electron chi connectivity index (χ3n) is 4.37. The Bertz CT molecular complexity index is 692. The summed E-state index contributed by atoms with van der Waals surface area (Å²) >= 11 is 1.60. The maximum absolute atomic E-state index is 12.5. The molecule has 1 saturated heterocycles. The average Bonchev–Trinajstić information content (AvgIpc) is 3.13. The molecule has 5 nitrogen and oxygen atoms in total. The van der Waals surface area contributed by atoms with E-state index in [4.69, 9.17) is 4.74 Å². The molecule has 0 saturated carbocycles. The molecule has 0 radical (unpaired) electrons. The molecule has 1 N–H and O–H groups in total. The van der Waals surface area contributed by atoms with Gasteiger partial charge in [-0.1, -0.05) is 6.92 Å². The molecule has 0 aliphatic carbocycles. The first kappa shape index (κ1) is 16.2. The van der Waals surface area contributed by atoms with Crippen LogP contribution in [0.5, 0.6) is 0 Å². The number of nitrogens with zero attached hydrogens (tertiary/aromatic N) is 2. The van der Waals surface area contributed by atoms with Crippen LogP contribution in [0, 0.1) is 6.92 Å². The van der Waals surface area contributed by atoms with E-state index in [9.17, 15) is 4.79 Å². The molecular weight excluding hydrogens is 310 g/mol. The molecule has 0 bridgehead atoms. The fourth-order valence-corrected chi connectivity index (χ4v) is 4.07. The lowest BCUT2D eigenvalue weighted by Gasteiger charge is -2.30. The van der Waals surface area contributed by atoms with Gasteiger partial charge in [-0.05, 0) is 37.8 Å². The number of hydrogen-bond acceptors (Lipinski definition) is 4. The van der Waals surface area contributed by atoms with Gasteiger partial charge in [0.15, 0.2) is 0 Å². The Morgan fingerprint density at radius 1 is 1.57 bits per heavy atom. The molecule has 3 rings (SSSR count). The quantitative estimate of drug-likeness (QED) is 0.936. The summed E-state index contributed by atoms with van der Waals surface area (Å²) in [7, 11) is 1.97. The van der Waals surface area contributed by atoms with E-state index in [0.717, 1.165) is 29.8 Å². The summed E-state index contributed by atoms with van der Waals surface area (Å²) < 4.78 is 7.83. The maximum Gasteiger partial charge on any atom is 0.261 e. The van der Waals surface area contributed by atoms with Crippen LogP contribution >= 0.6 is 11.3 Å². The molecule has 2 aromatic rings. The summed E-state index contributed by atoms with van der Waals surface area (Å²) in [4.78, 5) is 18.7. The Balaban J connectivity index is 1.65. The van der Waals surface area contributed by atoms with Gasteiger partial charge < -0.3 is 14.6 Å². The summed E-state index contributed by atoms with van der Waals surface area (Å²) in [6.45, 7) is 4.85. The highest BCUT2D eigenvalue weighted by molar-refractivity contribution is 7.14. The zero-order valence-electron chi connectivity index (χ0n) is 13.8. The van der Waals surface area contributed by atoms with Crippen molar-refractivity contribution in [2.45, 2.75) is 45.3 Å². The summed E-state index contributed by atoms with van der Waals surface area (Å²) in [5.41, 5.74) is 2.27. The minimum Gasteiger partial charge on any atom is -0.372 e. The molecule has 0 spiro atoms. The lowest BCUT2D eigenvalue weighted by Crippen LogP contribution is -2.39. The van der Waals surface area contributed by atoms with Crippen LogP contribution in [-0.2, 0) is 18.2 Å². The van der Waals surface area contributed by atoms with Crippen molar-refractivity contribution in [3.63, 3.8) is 0 Å². The van der Waals surface area contributed by atoms with Gasteiger partial charge in [0.2, 0.25) is 0 Å². The Morgan fingerprint density at radius 2 is 2.39 bits per heavy atom. The topological polar surface area (TPSA) is 56.1 Å². The van der Waals surface area contributed by atoms with Crippen LogP contribution in [0.25, 0.3) is 0 Å². The van der Waals surface area contributed by atoms with E-state index in [2.05, 4.69) is 24.1 Å². The van der Waals surface area contributed by atoms with Crippen molar-refractivity contribution in [1.82, 2.24) is 14.9 Å². The fourth-order valence-electron chi connectivity index (χ4n) is 3.05. The van der Waals surface area contributed by atoms with Crippen LogP contribution in [0.1, 0.15) is 51.7 Å². The van der Waals surface area contributed by atoms with E-state index in [1.807, 2.05) is 23.9 Å². The maximum atomic E-state index is 12.5. The molecule has 0 aromatic carbocycles. The standard InChI is InChI=1S/C17H23N3O2S/c1-4-15-11(2)7-16(23-15)17(21)19-12-5-6-22-14(8-12)13-9-18-10-20(13)3/h7,9-10,12,14H,4-6,8H2,1-3H3,(H,19,21). The van der Waals surface area contributed by atoms with Gasteiger partial charge in [0, 0.05) is 24.6 Å². The highest BCUT2D eigenvalue weighted by Gasteiger charge is 2.27. The molecule has 1 aliphatic rings. The highest BCUT2D eigenvalue weighted by Crippen LogP contribution is 2.28. The molecule has 23 heavy (non-hydrogen) atoms. The fraction of sp³-hybridized carbons (Fsp3) is 0.529. The minimum atomic E-state index is -0.00201. The van der Waals surface area contributed by atoms with E-state index in [1.165, 1.54) is 10.4 Å². The minimum absolute atomic E-state index is 0.00201. The van der Waals surface area contributed by atoms with Crippen LogP contribution < -0.4 is 5.32 Å². The molecular formula is C17H23N3O2S. The Kier molecular flexibility index (Phi) is 4.82. The van der Waals surface area contributed by atoms with E-state index >= 15 is 0 Å². The van der Waals surface area contributed by atoms with E-state index in [0.29, 0.717) is 6.61 Å². The normalized spacial score (nSPS) is 21.3. The lowest BCUT2D eigenvalue weighted by atomic mass is 10.0. The van der Waals surface area contributed by atoms with Crippen molar-refractivity contribution in [3.05, 3.63) is 39.6 Å². The highest BCUT2D eigenvalue weighted by atomic mass is 32.1. The lowest BCUT2D eigenvalue weighted by molar-refractivity contribution is -0.00298. The number of carbonyl (C=O) groups is 1. The zero-order valence-corrected chi connectivity index (χ0v) is 14.7. The summed E-state index contributed by atoms with van der Waals surface area (Å²) in [6.07, 6.45) is 6.23. The molecule has 124 valence electrons. The van der Waals surface area contributed by atoms with Gasteiger partial charge in [-0.15, -0.1) is 11.3 Å². The van der Waals surface area contributed by atoms with Gasteiger partial charge in [-0.25, -0.2) is 4.98 Å². The number of nitrogens with one attached hydrogen (secondary N) is 1. The number of thiophene rings is 1. The predicted octanol–water partition coefficient (Wildman–Crippen LogP) is 3.00. The number of rotatable bonds is 4. The second kappa shape index (κ2) is 6.84. The van der Waals surface area contributed by atoms with Crippen LogP contribution in [0.4, 0.5) is 0 Å². The first-order chi connectivity index (χ1) is 11.1. The number of hydrogen-bond donors (Lipinski definition) is 1. The molecule has 1 aliphatic heterocycles. The second-order valence-electron chi connectivity index (χ2n) is 6.05. The van der Waals surface area contributed by atoms with Gasteiger partial charge in [0.1, 0.15) is 6.10 Å². The van der Waals surface area contributed by atoms with Gasteiger partial charge >= 0.3 is 0 Å². The number of aryl methyl sites for hydroxylation is 3. The molecule has 2 aromatic heterocycles. The Hall–Kier alpha value is -1.66. The smallest absolute Gasteiger partial charge is 0.261 e. The molecule has 6 heteroatoms. The van der Waals surface area contributed by atoms with Crippen LogP contribution in [0.15, 0.2) is 18.6 Å². The molecule has 3 heterocycles. The van der Waals surface area contributed by atoms with Crippen molar-refractivity contribution in [2.75, 3.05) is 6.61 Å². The Morgan fingerprint density at radius 3 is 3.04 bits per heavy atom. The number of amides is 1. The van der Waals surface area contributed by atoms with E-state index < -0.39 is 0 Å². The van der Waals surface area contributed by atoms with Crippen molar-refractivity contribution in [2.24, 2.45) is 7.05 Å². The molecule has 2 atom stereocenters. The van der Waals surface area contributed by atoms with Crippen molar-refractivity contribution >= 4 is 17.2 Å². The van der Waals surface area contributed by atoms with Crippen LogP contribution in [-0.4, -0.2) is 28.1 Å². The van der Waals surface area contributed by atoms with Gasteiger partial charge in [-0.2, -0.15) is 0 Å². The molecule has 1 fully saturated rings. The monoisotopic (exact) mass is 333 g/mol. The third kappa shape index (κ3) is 3.48. The van der Waals surface area contributed by atoms with Gasteiger partial charge in [0.05, 0.1) is 23.1 Å². The summed E-state index contributed by atoms with van der Waals surface area (Å²) in [5, 5.41) is 3.17. The second-order valence-corrected chi connectivity index (χ2v) is 7.19. The van der Waals surface area contributed by atoms with E-state index in [-0.39, 0.29) is 18.1 Å². The summed E-state index contributed by atoms with van der Waals surface area (Å²) in [5.74, 6) is 0.0356. The molecule has 1 amide bonds. The third-order valence-corrected chi connectivity index (χ3v) is 5.75. The van der Waals surface area contributed by atoms with Crippen molar-refractivity contribution < 1.29 is 9.53 Å². The zero-order chi connectivity index (χ0) is 16.4. The largest absolute Gasteiger partial charge is 0.372 e. The Labute approximate surface area is 140 Å². The number of ether oxygens (including phenoxy) is 1. The van der Waals surface area contributed by atoms with Crippen LogP contribution in [0.3, 0.4) is 0 Å². The average molecular weight is 333 g/mol. The van der Waals surface area contributed by atoms with Crippen molar-refractivity contribution in [1.29, 1.82) is 0 Å². The number of imidazole rings is 1. The van der Waals surface area contributed by atoms with E-state index in [1.54, 1.807) is 17.7 Å². The number of carbonyl (C=O) groups excluding carboxylic acids is 1. The first-order valence-corrected chi connectivity index (χ1v) is 8.88. The van der Waals surface area contributed by atoms with Gasteiger partial charge in [-0.3, -0.25) is 4.79 Å².